The van der Waals surface area contributed by atoms with Gasteiger partial charge in [-0.3, -0.25) is 4.79 Å². The highest BCUT2D eigenvalue weighted by Gasteiger charge is 2.01. The maximum Gasteiger partial charge on any atom is 0.348 e. The maximum atomic E-state index is 10.7. The Morgan fingerprint density at radius 3 is 2.83 bits per heavy atom. The number of hydrogen-bond donors (Lipinski definition) is 0. The second kappa shape index (κ2) is 3.21. The maximum absolute atomic E-state index is 10.7. The first-order chi connectivity index (χ1) is 5.58. The molecule has 1 radical (unpaired) electrons. The Morgan fingerprint density at radius 1 is 1.67 bits per heavy atom. The first kappa shape index (κ1) is 8.52. The van der Waals surface area contributed by atoms with Gasteiger partial charge in [0.15, 0.2) is 0 Å². The van der Waals surface area contributed by atoms with Gasteiger partial charge in [0.25, 0.3) is 0 Å². The third kappa shape index (κ3) is 2.23. The van der Waals surface area contributed by atoms with Gasteiger partial charge in [-0.2, -0.15) is 0 Å². The molecule has 0 amide bonds. The summed E-state index contributed by atoms with van der Waals surface area (Å²) in [5.41, 5.74) is -0.647. The van der Waals surface area contributed by atoms with Crippen molar-refractivity contribution in [1.82, 2.24) is 0 Å². The van der Waals surface area contributed by atoms with Gasteiger partial charge >= 0.3 is 11.6 Å². The summed E-state index contributed by atoms with van der Waals surface area (Å²) in [6.07, 6.45) is 0. The summed E-state index contributed by atoms with van der Waals surface area (Å²) in [5, 5.41) is 0. The number of esters is 1. The van der Waals surface area contributed by atoms with Gasteiger partial charge in [0.2, 0.25) is 0 Å². The predicted molar refractivity (Wildman–Crippen MR) is 39.9 cm³/mol. The Labute approximate surface area is 68.8 Å². The van der Waals surface area contributed by atoms with Crippen molar-refractivity contribution in [3.8, 4) is 5.75 Å². The molecule has 0 atom stereocenters. The first-order valence-corrected chi connectivity index (χ1v) is 3.30. The molecule has 0 bridgehead atoms. The van der Waals surface area contributed by atoms with Crippen LogP contribution in [0.4, 0.5) is 0 Å². The Balaban J connectivity index is 3.01. The van der Waals surface area contributed by atoms with Crippen molar-refractivity contribution in [3.63, 3.8) is 0 Å². The highest BCUT2D eigenvalue weighted by Crippen LogP contribution is 2.08. The molecule has 0 aliphatic carbocycles. The summed E-state index contributed by atoms with van der Waals surface area (Å²) in [4.78, 5) is 21.1. The Morgan fingerprint density at radius 2 is 2.33 bits per heavy atom. The van der Waals surface area contributed by atoms with E-state index in [9.17, 15) is 9.59 Å². The van der Waals surface area contributed by atoms with E-state index in [1.54, 1.807) is 6.92 Å². The summed E-state index contributed by atoms with van der Waals surface area (Å²) in [7, 11) is 0. The van der Waals surface area contributed by atoms with E-state index in [2.05, 4.69) is 15.2 Å². The van der Waals surface area contributed by atoms with E-state index in [-0.39, 0.29) is 5.75 Å². The minimum absolute atomic E-state index is 0.0938. The van der Waals surface area contributed by atoms with Gasteiger partial charge in [-0.1, -0.05) is 0 Å². The summed E-state index contributed by atoms with van der Waals surface area (Å²) >= 11 is 0. The van der Waals surface area contributed by atoms with Crippen LogP contribution < -0.4 is 10.4 Å². The number of hydrogen-bond acceptors (Lipinski definition) is 4. The van der Waals surface area contributed by atoms with Crippen molar-refractivity contribution in [2.45, 2.75) is 13.8 Å². The third-order valence-electron chi connectivity index (χ3n) is 1.07. The van der Waals surface area contributed by atoms with Gasteiger partial charge in [-0.15, -0.1) is 0 Å². The molecule has 0 saturated heterocycles. The highest BCUT2D eigenvalue weighted by molar-refractivity contribution is 5.69. The normalized spacial score (nSPS) is 9.50. The molecule has 4 nitrogen and oxygen atoms in total. The number of carbonyl (C=O) groups excluding carboxylic acids is 1. The molecule has 4 heteroatoms. The molecule has 12 heavy (non-hydrogen) atoms. The minimum atomic E-state index is -0.647. The molecule has 0 fully saturated rings. The molecule has 0 unspecified atom stereocenters. The van der Waals surface area contributed by atoms with Gasteiger partial charge in [-0.25, -0.2) is 4.79 Å². The fraction of sp³-hybridized carbons (Fsp3) is 0.250. The van der Waals surface area contributed by atoms with Crippen molar-refractivity contribution in [2.75, 3.05) is 0 Å². The second-order valence-corrected chi connectivity index (χ2v) is 2.23. The van der Waals surface area contributed by atoms with E-state index >= 15 is 0 Å². The summed E-state index contributed by atoms with van der Waals surface area (Å²) < 4.78 is 9.22. The molecule has 0 N–H and O–H groups in total. The summed E-state index contributed by atoms with van der Waals surface area (Å²) in [6.45, 7) is 2.83. The van der Waals surface area contributed by atoms with Gasteiger partial charge in [0.05, 0.1) is 0 Å². The molecular formula is C8H7O4. The number of ether oxygens (including phenoxy) is 1. The van der Waals surface area contributed by atoms with Gasteiger partial charge in [0.1, 0.15) is 17.6 Å². The van der Waals surface area contributed by atoms with Crippen LogP contribution in [0, 0.1) is 13.0 Å². The molecule has 0 aliphatic rings. The molecule has 1 aromatic heterocycles. The average molecular weight is 167 g/mol. The molecule has 1 heterocycles. The zero-order chi connectivity index (χ0) is 9.14. The standard InChI is InChI=1S/C8H7O4/c1-5-3-7(12-6(2)9)4-8(10)11-5/h3H,1-2H3. The fourth-order valence-electron chi connectivity index (χ4n) is 0.732. The topological polar surface area (TPSA) is 56.5 Å². The van der Waals surface area contributed by atoms with Crippen LogP contribution in [0.15, 0.2) is 15.3 Å². The molecule has 0 spiro atoms. The zero-order valence-corrected chi connectivity index (χ0v) is 6.71. The summed E-state index contributed by atoms with van der Waals surface area (Å²) in [6, 6.07) is 3.63. The smallest absolute Gasteiger partial charge is 0.348 e. The zero-order valence-electron chi connectivity index (χ0n) is 6.71. The van der Waals surface area contributed by atoms with E-state index in [0.717, 1.165) is 0 Å². The lowest BCUT2D eigenvalue weighted by atomic mass is 10.4. The lowest BCUT2D eigenvalue weighted by Crippen LogP contribution is -2.06. The average Bonchev–Trinajstić information content (AvgIpc) is 1.81. The van der Waals surface area contributed by atoms with Gasteiger partial charge < -0.3 is 9.15 Å². The van der Waals surface area contributed by atoms with Crippen LogP contribution in [0.2, 0.25) is 0 Å². The van der Waals surface area contributed by atoms with Gasteiger partial charge in [-0.05, 0) is 6.92 Å². The first-order valence-electron chi connectivity index (χ1n) is 3.30. The van der Waals surface area contributed by atoms with E-state index < -0.39 is 11.6 Å². The fourth-order valence-corrected chi connectivity index (χ4v) is 0.732. The van der Waals surface area contributed by atoms with E-state index in [0.29, 0.717) is 5.76 Å². The molecule has 0 aliphatic heterocycles. The van der Waals surface area contributed by atoms with Crippen molar-refractivity contribution in [3.05, 3.63) is 28.3 Å². The number of aryl methyl sites for hydroxylation is 1. The van der Waals surface area contributed by atoms with Crippen molar-refractivity contribution in [1.29, 1.82) is 0 Å². The largest absolute Gasteiger partial charge is 0.428 e. The van der Waals surface area contributed by atoms with Crippen molar-refractivity contribution >= 4 is 5.97 Å². The molecule has 63 valence electrons. The highest BCUT2D eigenvalue weighted by atomic mass is 16.5. The molecule has 1 aromatic rings. The van der Waals surface area contributed by atoms with Crippen LogP contribution in [-0.4, -0.2) is 5.97 Å². The van der Waals surface area contributed by atoms with Crippen LogP contribution in [0.5, 0.6) is 5.75 Å². The molecule has 0 aromatic carbocycles. The molecular weight excluding hydrogens is 160 g/mol. The monoisotopic (exact) mass is 167 g/mol. The van der Waals surface area contributed by atoms with Crippen LogP contribution >= 0.6 is 0 Å². The van der Waals surface area contributed by atoms with Crippen LogP contribution in [0.25, 0.3) is 0 Å². The minimum Gasteiger partial charge on any atom is -0.428 e. The van der Waals surface area contributed by atoms with Crippen molar-refractivity contribution < 1.29 is 13.9 Å². The second-order valence-electron chi connectivity index (χ2n) is 2.23. The van der Waals surface area contributed by atoms with E-state index in [4.69, 9.17) is 0 Å². The molecule has 0 saturated carbocycles. The van der Waals surface area contributed by atoms with E-state index in [1.807, 2.05) is 0 Å². The Bertz CT molecular complexity index is 350. The Hall–Kier alpha value is -1.58. The number of rotatable bonds is 1. The van der Waals surface area contributed by atoms with Gasteiger partial charge in [0, 0.05) is 13.0 Å². The third-order valence-corrected chi connectivity index (χ3v) is 1.07. The molecule has 1 rings (SSSR count). The van der Waals surface area contributed by atoms with Crippen LogP contribution in [0.1, 0.15) is 12.7 Å². The lowest BCUT2D eigenvalue weighted by molar-refractivity contribution is -0.131. The van der Waals surface area contributed by atoms with Crippen molar-refractivity contribution in [2.24, 2.45) is 0 Å². The predicted octanol–water partition coefficient (Wildman–Crippen LogP) is 0.674. The quantitative estimate of drug-likeness (QED) is 0.577. The summed E-state index contributed by atoms with van der Waals surface area (Å²) in [5.74, 6) is -0.0116. The van der Waals surface area contributed by atoms with Crippen LogP contribution in [-0.2, 0) is 4.79 Å². The van der Waals surface area contributed by atoms with Crippen LogP contribution in [0.3, 0.4) is 0 Å². The number of carbonyl (C=O) groups is 1. The SMILES string of the molecule is CC(=O)Oc1[c]c(=O)oc(C)c1. The lowest BCUT2D eigenvalue weighted by Gasteiger charge is -1.98. The van der Waals surface area contributed by atoms with E-state index in [1.165, 1.54) is 13.0 Å². The Kier molecular flexibility index (Phi) is 2.28.